The molecule has 8 nitrogen and oxygen atoms in total. The van der Waals surface area contributed by atoms with E-state index in [9.17, 15) is 27.7 Å². The van der Waals surface area contributed by atoms with Crippen molar-refractivity contribution < 1.29 is 22.5 Å². The number of carbonyl (C=O) groups excluding carboxylic acids is 1. The van der Waals surface area contributed by atoms with Crippen molar-refractivity contribution >= 4 is 27.3 Å². The van der Waals surface area contributed by atoms with Crippen LogP contribution in [-0.4, -0.2) is 36.6 Å². The van der Waals surface area contributed by atoms with E-state index in [1.165, 1.54) is 22.5 Å². The van der Waals surface area contributed by atoms with E-state index >= 15 is 0 Å². The molecule has 0 radical (unpaired) electrons. The molecule has 2 aromatic carbocycles. The van der Waals surface area contributed by atoms with E-state index in [1.54, 1.807) is 18.2 Å². The van der Waals surface area contributed by atoms with Crippen LogP contribution in [0.15, 0.2) is 53.4 Å². The molecule has 1 fully saturated rings. The van der Waals surface area contributed by atoms with Crippen LogP contribution in [-0.2, 0) is 14.8 Å². The van der Waals surface area contributed by atoms with Crippen molar-refractivity contribution in [3.8, 4) is 0 Å². The van der Waals surface area contributed by atoms with E-state index in [4.69, 9.17) is 0 Å². The van der Waals surface area contributed by atoms with Gasteiger partial charge >= 0.3 is 5.69 Å². The Kier molecular flexibility index (Phi) is 5.71. The second-order valence-electron chi connectivity index (χ2n) is 6.40. The van der Waals surface area contributed by atoms with Crippen molar-refractivity contribution in [1.29, 1.82) is 0 Å². The molecule has 1 saturated heterocycles. The van der Waals surface area contributed by atoms with Gasteiger partial charge in [0.05, 0.1) is 9.82 Å². The number of anilines is 1. The zero-order valence-corrected chi connectivity index (χ0v) is 15.6. The summed E-state index contributed by atoms with van der Waals surface area (Å²) >= 11 is 0. The smallest absolute Gasteiger partial charge is 0.306 e. The zero-order valence-electron chi connectivity index (χ0n) is 14.7. The molecule has 3 rings (SSSR count). The fraction of sp³-hybridized carbons (Fsp3) is 0.278. The van der Waals surface area contributed by atoms with Crippen molar-refractivity contribution in [3.05, 3.63) is 64.5 Å². The van der Waals surface area contributed by atoms with E-state index in [0.717, 1.165) is 12.1 Å². The second kappa shape index (κ2) is 8.03. The lowest BCUT2D eigenvalue weighted by molar-refractivity contribution is -0.387. The van der Waals surface area contributed by atoms with Crippen LogP contribution in [0.5, 0.6) is 0 Å². The van der Waals surface area contributed by atoms with E-state index in [0.29, 0.717) is 12.8 Å². The SMILES string of the molecule is O=C(Nc1ccc(F)c([N+](=O)[O-])c1)C1CCN(S(=O)(=O)c2ccccc2)CC1. The Morgan fingerprint density at radius 3 is 2.39 bits per heavy atom. The van der Waals surface area contributed by atoms with Gasteiger partial charge in [0.1, 0.15) is 0 Å². The number of benzene rings is 2. The summed E-state index contributed by atoms with van der Waals surface area (Å²) in [7, 11) is -3.60. The number of nitro benzene ring substituents is 1. The average Bonchev–Trinajstić information content (AvgIpc) is 2.70. The molecule has 0 spiro atoms. The summed E-state index contributed by atoms with van der Waals surface area (Å²) in [5.74, 6) is -1.80. The number of nitrogens with zero attached hydrogens (tertiary/aromatic N) is 2. The van der Waals surface area contributed by atoms with Gasteiger partial charge in [-0.25, -0.2) is 8.42 Å². The minimum absolute atomic E-state index is 0.123. The van der Waals surface area contributed by atoms with Crippen LogP contribution < -0.4 is 5.32 Å². The summed E-state index contributed by atoms with van der Waals surface area (Å²) in [6.45, 7) is 0.387. The number of amides is 1. The van der Waals surface area contributed by atoms with Crippen LogP contribution in [0, 0.1) is 21.8 Å². The van der Waals surface area contributed by atoms with Gasteiger partial charge in [-0.15, -0.1) is 0 Å². The Hall–Kier alpha value is -2.85. The third-order valence-corrected chi connectivity index (χ3v) is 6.53. The van der Waals surface area contributed by atoms with Gasteiger partial charge in [0.2, 0.25) is 21.7 Å². The number of rotatable bonds is 5. The Morgan fingerprint density at radius 2 is 1.79 bits per heavy atom. The number of nitrogens with one attached hydrogen (secondary N) is 1. The van der Waals surface area contributed by atoms with Gasteiger partial charge < -0.3 is 5.32 Å². The normalized spacial score (nSPS) is 15.9. The van der Waals surface area contributed by atoms with E-state index in [-0.39, 0.29) is 29.6 Å². The Bertz CT molecular complexity index is 990. The van der Waals surface area contributed by atoms with Gasteiger partial charge in [0, 0.05) is 30.8 Å². The van der Waals surface area contributed by atoms with Crippen molar-refractivity contribution in [3.63, 3.8) is 0 Å². The maximum absolute atomic E-state index is 13.4. The third-order valence-electron chi connectivity index (χ3n) is 4.62. The summed E-state index contributed by atoms with van der Waals surface area (Å²) in [6.07, 6.45) is 0.641. The summed E-state index contributed by atoms with van der Waals surface area (Å²) in [5, 5.41) is 13.3. The molecule has 1 aliphatic heterocycles. The fourth-order valence-corrected chi connectivity index (χ4v) is 4.57. The van der Waals surface area contributed by atoms with Gasteiger partial charge in [0.25, 0.3) is 0 Å². The average molecular weight is 407 g/mol. The third kappa shape index (κ3) is 4.18. The maximum atomic E-state index is 13.4. The summed E-state index contributed by atoms with van der Waals surface area (Å²) in [5.41, 5.74) is -0.598. The summed E-state index contributed by atoms with van der Waals surface area (Å²) < 4.78 is 40.0. The maximum Gasteiger partial charge on any atom is 0.306 e. The lowest BCUT2D eigenvalue weighted by Crippen LogP contribution is -2.41. The Balaban J connectivity index is 1.63. The molecule has 148 valence electrons. The molecule has 0 saturated carbocycles. The molecule has 0 aromatic heterocycles. The van der Waals surface area contributed by atoms with Gasteiger partial charge in [-0.05, 0) is 37.1 Å². The van der Waals surface area contributed by atoms with Gasteiger partial charge in [-0.1, -0.05) is 18.2 Å². The summed E-state index contributed by atoms with van der Waals surface area (Å²) in [4.78, 5) is 22.6. The second-order valence-corrected chi connectivity index (χ2v) is 8.34. The number of hydrogen-bond acceptors (Lipinski definition) is 5. The van der Waals surface area contributed by atoms with Crippen LogP contribution in [0.3, 0.4) is 0 Å². The first-order chi connectivity index (χ1) is 13.3. The molecule has 0 aliphatic carbocycles. The highest BCUT2D eigenvalue weighted by Crippen LogP contribution is 2.26. The number of halogens is 1. The first-order valence-electron chi connectivity index (χ1n) is 8.59. The van der Waals surface area contributed by atoms with Gasteiger partial charge in [-0.3, -0.25) is 14.9 Å². The molecule has 1 amide bonds. The van der Waals surface area contributed by atoms with Crippen LogP contribution in [0.2, 0.25) is 0 Å². The molecule has 0 unspecified atom stereocenters. The number of piperidine rings is 1. The Labute approximate surface area is 161 Å². The lowest BCUT2D eigenvalue weighted by atomic mass is 9.97. The Morgan fingerprint density at radius 1 is 1.14 bits per heavy atom. The molecule has 2 aromatic rings. The first-order valence-corrected chi connectivity index (χ1v) is 10.0. The minimum Gasteiger partial charge on any atom is -0.326 e. The van der Waals surface area contributed by atoms with Crippen molar-refractivity contribution in [2.24, 2.45) is 5.92 Å². The molecule has 10 heteroatoms. The highest BCUT2D eigenvalue weighted by atomic mass is 32.2. The van der Waals surface area contributed by atoms with Crippen molar-refractivity contribution in [1.82, 2.24) is 4.31 Å². The molecular formula is C18H18FN3O5S. The van der Waals surface area contributed by atoms with E-state index in [2.05, 4.69) is 5.32 Å². The van der Waals surface area contributed by atoms with E-state index < -0.39 is 32.4 Å². The van der Waals surface area contributed by atoms with Gasteiger partial charge in [-0.2, -0.15) is 8.70 Å². The quantitative estimate of drug-likeness (QED) is 0.605. The standard InChI is InChI=1S/C18H18FN3O5S/c19-16-7-6-14(12-17(16)22(24)25)20-18(23)13-8-10-21(11-9-13)28(26,27)15-4-2-1-3-5-15/h1-7,12-13H,8-11H2,(H,20,23). The molecule has 0 bridgehead atoms. The highest BCUT2D eigenvalue weighted by Gasteiger charge is 2.32. The number of carbonyl (C=O) groups is 1. The van der Waals surface area contributed by atoms with Crippen LogP contribution in [0.1, 0.15) is 12.8 Å². The molecule has 1 heterocycles. The van der Waals surface area contributed by atoms with Crippen molar-refractivity contribution in [2.75, 3.05) is 18.4 Å². The molecular weight excluding hydrogens is 389 g/mol. The van der Waals surface area contributed by atoms with Crippen LogP contribution >= 0.6 is 0 Å². The van der Waals surface area contributed by atoms with E-state index in [1.807, 2.05) is 0 Å². The number of hydrogen-bond donors (Lipinski definition) is 1. The lowest BCUT2D eigenvalue weighted by Gasteiger charge is -2.30. The first kappa shape index (κ1) is 19.9. The van der Waals surface area contributed by atoms with Gasteiger partial charge in [0.15, 0.2) is 0 Å². The molecule has 1 aliphatic rings. The largest absolute Gasteiger partial charge is 0.326 e. The number of sulfonamides is 1. The zero-order chi connectivity index (χ0) is 20.3. The summed E-state index contributed by atoms with van der Waals surface area (Å²) in [6, 6.07) is 11.2. The fourth-order valence-electron chi connectivity index (χ4n) is 3.07. The predicted octanol–water partition coefficient (Wildman–Crippen LogP) is 2.77. The predicted molar refractivity (Wildman–Crippen MR) is 99.6 cm³/mol. The topological polar surface area (TPSA) is 110 Å². The molecule has 0 atom stereocenters. The number of nitro groups is 1. The molecule has 28 heavy (non-hydrogen) atoms. The highest BCUT2D eigenvalue weighted by molar-refractivity contribution is 7.89. The van der Waals surface area contributed by atoms with Crippen molar-refractivity contribution in [2.45, 2.75) is 17.7 Å². The van der Waals surface area contributed by atoms with Crippen LogP contribution in [0.25, 0.3) is 0 Å². The monoisotopic (exact) mass is 407 g/mol. The minimum atomic E-state index is -3.60. The molecule has 1 N–H and O–H groups in total. The van der Waals surface area contributed by atoms with Crippen LogP contribution in [0.4, 0.5) is 15.8 Å².